The van der Waals surface area contributed by atoms with Crippen LogP contribution < -0.4 is 19.5 Å². The van der Waals surface area contributed by atoms with Gasteiger partial charge >= 0.3 is 5.97 Å². The monoisotopic (exact) mass is 389 g/mol. The normalized spacial score (nSPS) is 10.3. The van der Waals surface area contributed by atoms with Crippen LogP contribution in [0.25, 0.3) is 0 Å². The summed E-state index contributed by atoms with van der Waals surface area (Å²) in [6.07, 6.45) is 3.80. The number of benzene rings is 1. The van der Waals surface area contributed by atoms with Crippen LogP contribution in [-0.2, 0) is 4.74 Å². The van der Waals surface area contributed by atoms with Crippen LogP contribution in [0.4, 0.5) is 5.82 Å². The van der Waals surface area contributed by atoms with Gasteiger partial charge in [0.25, 0.3) is 0 Å². The summed E-state index contributed by atoms with van der Waals surface area (Å²) in [4.78, 5) is 20.3. The zero-order chi connectivity index (χ0) is 20.4. The number of unbranched alkanes of at least 4 members (excludes halogenated alkanes) is 1. The number of rotatable bonds is 11. The molecule has 1 aromatic heterocycles. The second-order valence-electron chi connectivity index (χ2n) is 5.96. The summed E-state index contributed by atoms with van der Waals surface area (Å²) in [6.45, 7) is 5.42. The van der Waals surface area contributed by atoms with Gasteiger partial charge in [0, 0.05) is 12.6 Å². The summed E-state index contributed by atoms with van der Waals surface area (Å²) >= 11 is 0. The van der Waals surface area contributed by atoms with Crippen molar-refractivity contribution < 1.29 is 23.7 Å². The van der Waals surface area contributed by atoms with E-state index in [0.717, 1.165) is 19.4 Å². The van der Waals surface area contributed by atoms with Crippen molar-refractivity contribution in [1.82, 2.24) is 9.97 Å². The highest BCUT2D eigenvalue weighted by Gasteiger charge is 2.13. The van der Waals surface area contributed by atoms with Gasteiger partial charge in [-0.15, -0.1) is 0 Å². The summed E-state index contributed by atoms with van der Waals surface area (Å²) in [7, 11) is 2.81. The lowest BCUT2D eigenvalue weighted by molar-refractivity contribution is 0.0597. The van der Waals surface area contributed by atoms with Crippen molar-refractivity contribution in [2.75, 3.05) is 39.3 Å². The summed E-state index contributed by atoms with van der Waals surface area (Å²) < 4.78 is 21.4. The molecule has 28 heavy (non-hydrogen) atoms. The molecule has 0 atom stereocenters. The molecule has 2 aromatic rings. The molecule has 0 fully saturated rings. The van der Waals surface area contributed by atoms with E-state index >= 15 is 0 Å². The van der Waals surface area contributed by atoms with Crippen LogP contribution in [0, 0.1) is 6.92 Å². The van der Waals surface area contributed by atoms with Crippen molar-refractivity contribution in [3.63, 3.8) is 0 Å². The van der Waals surface area contributed by atoms with Crippen molar-refractivity contribution in [3.05, 3.63) is 35.8 Å². The van der Waals surface area contributed by atoms with Gasteiger partial charge in [0.15, 0.2) is 11.6 Å². The van der Waals surface area contributed by atoms with E-state index in [0.29, 0.717) is 47.7 Å². The Kier molecular flexibility index (Phi) is 8.33. The second-order valence-corrected chi connectivity index (χ2v) is 5.96. The van der Waals surface area contributed by atoms with E-state index in [9.17, 15) is 4.79 Å². The zero-order valence-corrected chi connectivity index (χ0v) is 16.8. The highest BCUT2D eigenvalue weighted by Crippen LogP contribution is 2.25. The van der Waals surface area contributed by atoms with Crippen molar-refractivity contribution >= 4 is 11.8 Å². The van der Waals surface area contributed by atoms with Gasteiger partial charge in [-0.2, -0.15) is 0 Å². The van der Waals surface area contributed by atoms with E-state index in [1.165, 1.54) is 14.2 Å². The van der Waals surface area contributed by atoms with Crippen LogP contribution >= 0.6 is 0 Å². The summed E-state index contributed by atoms with van der Waals surface area (Å²) in [5.74, 6) is 2.44. The fourth-order valence-electron chi connectivity index (χ4n) is 2.43. The standard InChI is InChI=1S/C20H27N3O5/c1-5-6-9-21-19-18(13-22-14(2)23-19)28-11-10-27-15-7-8-16(20(24)26-4)17(12-15)25-3/h7-8,12-13H,5-6,9-11H2,1-4H3,(H,21,22,23). The molecule has 0 amide bonds. The molecule has 0 unspecified atom stereocenters. The number of hydrogen-bond donors (Lipinski definition) is 1. The first-order valence-electron chi connectivity index (χ1n) is 9.18. The molecule has 0 radical (unpaired) electrons. The number of nitrogens with zero attached hydrogens (tertiary/aromatic N) is 2. The minimum atomic E-state index is -0.464. The van der Waals surface area contributed by atoms with E-state index < -0.39 is 5.97 Å². The van der Waals surface area contributed by atoms with E-state index in [-0.39, 0.29) is 0 Å². The fourth-order valence-corrected chi connectivity index (χ4v) is 2.43. The van der Waals surface area contributed by atoms with E-state index in [4.69, 9.17) is 18.9 Å². The lowest BCUT2D eigenvalue weighted by atomic mass is 10.2. The van der Waals surface area contributed by atoms with Gasteiger partial charge in [-0.05, 0) is 25.5 Å². The van der Waals surface area contributed by atoms with Gasteiger partial charge < -0.3 is 24.3 Å². The maximum absolute atomic E-state index is 11.7. The Bertz CT molecular complexity index is 782. The molecule has 2 rings (SSSR count). The van der Waals surface area contributed by atoms with Crippen LogP contribution in [0.5, 0.6) is 17.2 Å². The molecule has 1 aromatic carbocycles. The third-order valence-corrected chi connectivity index (χ3v) is 3.89. The maximum Gasteiger partial charge on any atom is 0.341 e. The van der Waals surface area contributed by atoms with Gasteiger partial charge in [-0.25, -0.2) is 14.8 Å². The summed E-state index contributed by atoms with van der Waals surface area (Å²) in [5.41, 5.74) is 0.341. The first-order valence-corrected chi connectivity index (χ1v) is 9.18. The Labute approximate surface area is 165 Å². The smallest absolute Gasteiger partial charge is 0.341 e. The average Bonchev–Trinajstić information content (AvgIpc) is 2.71. The van der Waals surface area contributed by atoms with Gasteiger partial charge in [-0.3, -0.25) is 0 Å². The first-order chi connectivity index (χ1) is 13.6. The Morgan fingerprint density at radius 3 is 2.64 bits per heavy atom. The summed E-state index contributed by atoms with van der Waals surface area (Å²) in [5, 5.41) is 3.27. The SMILES string of the molecule is CCCCNc1nc(C)ncc1OCCOc1ccc(C(=O)OC)c(OC)c1. The molecule has 8 nitrogen and oxygen atoms in total. The Morgan fingerprint density at radius 2 is 1.93 bits per heavy atom. The average molecular weight is 389 g/mol. The molecule has 8 heteroatoms. The van der Waals surface area contributed by atoms with Gasteiger partial charge in [0.2, 0.25) is 0 Å². The van der Waals surface area contributed by atoms with Gasteiger partial charge in [0.05, 0.1) is 20.4 Å². The molecule has 0 bridgehead atoms. The minimum absolute atomic E-state index is 0.309. The van der Waals surface area contributed by atoms with Crippen LogP contribution in [-0.4, -0.2) is 49.9 Å². The molecule has 1 heterocycles. The molecule has 152 valence electrons. The second kappa shape index (κ2) is 11.0. The topological polar surface area (TPSA) is 91.8 Å². The summed E-state index contributed by atoms with van der Waals surface area (Å²) in [6, 6.07) is 4.92. The number of ether oxygens (including phenoxy) is 4. The molecule has 0 aliphatic rings. The Hall–Kier alpha value is -3.03. The highest BCUT2D eigenvalue weighted by atomic mass is 16.5. The van der Waals surface area contributed by atoms with Crippen LogP contribution in [0.15, 0.2) is 24.4 Å². The molecule has 0 aliphatic heterocycles. The Morgan fingerprint density at radius 1 is 1.14 bits per heavy atom. The Balaban J connectivity index is 1.91. The molecule has 1 N–H and O–H groups in total. The number of carbonyl (C=O) groups is 1. The minimum Gasteiger partial charge on any atom is -0.496 e. The van der Waals surface area contributed by atoms with Crippen molar-refractivity contribution in [2.24, 2.45) is 0 Å². The van der Waals surface area contributed by atoms with Gasteiger partial charge in [0.1, 0.15) is 36.1 Å². The number of carbonyl (C=O) groups excluding carboxylic acids is 1. The van der Waals surface area contributed by atoms with Crippen LogP contribution in [0.2, 0.25) is 0 Å². The molecule has 0 spiro atoms. The lowest BCUT2D eigenvalue weighted by Gasteiger charge is -2.13. The predicted octanol–water partition coefficient (Wildman–Crippen LogP) is 3.25. The molecular weight excluding hydrogens is 362 g/mol. The quantitative estimate of drug-likeness (QED) is 0.463. The number of nitrogens with one attached hydrogen (secondary N) is 1. The number of methoxy groups -OCH3 is 2. The number of hydrogen-bond acceptors (Lipinski definition) is 8. The number of aryl methyl sites for hydroxylation is 1. The number of esters is 1. The van der Waals surface area contributed by atoms with E-state index in [1.54, 1.807) is 24.4 Å². The predicted molar refractivity (Wildman–Crippen MR) is 105 cm³/mol. The van der Waals surface area contributed by atoms with Crippen molar-refractivity contribution in [2.45, 2.75) is 26.7 Å². The molecule has 0 aliphatic carbocycles. The van der Waals surface area contributed by atoms with Crippen molar-refractivity contribution in [3.8, 4) is 17.2 Å². The third kappa shape index (κ3) is 6.00. The van der Waals surface area contributed by atoms with Gasteiger partial charge in [-0.1, -0.05) is 13.3 Å². The molecular formula is C20H27N3O5. The lowest BCUT2D eigenvalue weighted by Crippen LogP contribution is -2.12. The molecule has 0 saturated carbocycles. The largest absolute Gasteiger partial charge is 0.496 e. The fraction of sp³-hybridized carbons (Fsp3) is 0.450. The zero-order valence-electron chi connectivity index (χ0n) is 16.8. The van der Waals surface area contributed by atoms with E-state index in [2.05, 4.69) is 22.2 Å². The first kappa shape index (κ1) is 21.3. The highest BCUT2D eigenvalue weighted by molar-refractivity contribution is 5.92. The number of anilines is 1. The maximum atomic E-state index is 11.7. The van der Waals surface area contributed by atoms with E-state index in [1.807, 2.05) is 6.92 Å². The number of aromatic nitrogens is 2. The van der Waals surface area contributed by atoms with Crippen LogP contribution in [0.3, 0.4) is 0 Å². The molecule has 0 saturated heterocycles. The third-order valence-electron chi connectivity index (χ3n) is 3.89. The van der Waals surface area contributed by atoms with Crippen LogP contribution in [0.1, 0.15) is 35.9 Å². The van der Waals surface area contributed by atoms with Crippen molar-refractivity contribution in [1.29, 1.82) is 0 Å².